The summed E-state index contributed by atoms with van der Waals surface area (Å²) < 4.78 is 0. The molecule has 0 aromatic rings. The smallest absolute Gasteiger partial charge is 0.242 e. The Morgan fingerprint density at radius 1 is 1.37 bits per heavy atom. The lowest BCUT2D eigenvalue weighted by Gasteiger charge is -2.23. The van der Waals surface area contributed by atoms with Gasteiger partial charge in [-0.3, -0.25) is 14.4 Å². The van der Waals surface area contributed by atoms with Crippen molar-refractivity contribution in [3.8, 4) is 0 Å². The summed E-state index contributed by atoms with van der Waals surface area (Å²) in [5.41, 5.74) is 5.09. The maximum atomic E-state index is 11.6. The van der Waals surface area contributed by atoms with Crippen molar-refractivity contribution in [3.63, 3.8) is 0 Å². The van der Waals surface area contributed by atoms with E-state index in [1.54, 1.807) is 0 Å². The zero-order valence-electron chi connectivity index (χ0n) is 11.7. The molecule has 1 fully saturated rings. The summed E-state index contributed by atoms with van der Waals surface area (Å²) in [4.78, 5) is 34.5. The van der Waals surface area contributed by atoms with E-state index < -0.39 is 24.0 Å². The maximum absolute atomic E-state index is 11.6. The molecule has 3 amide bonds. The summed E-state index contributed by atoms with van der Waals surface area (Å²) in [7, 11) is 0. The molecule has 1 rings (SSSR count). The van der Waals surface area contributed by atoms with Crippen LogP contribution < -0.4 is 11.1 Å². The van der Waals surface area contributed by atoms with Crippen molar-refractivity contribution in [1.29, 1.82) is 0 Å². The monoisotopic (exact) mass is 273 g/mol. The average molecular weight is 273 g/mol. The van der Waals surface area contributed by atoms with Gasteiger partial charge in [-0.1, -0.05) is 20.3 Å². The van der Waals surface area contributed by atoms with E-state index in [-0.39, 0.29) is 19.0 Å². The molecule has 0 aliphatic carbocycles. The summed E-state index contributed by atoms with van der Waals surface area (Å²) in [6.45, 7) is 5.62. The number of hydrogen-bond acceptors (Lipinski definition) is 4. The number of nitrogens with zero attached hydrogens (tertiary/aromatic N) is 1. The lowest BCUT2D eigenvalue weighted by atomic mass is 10.1. The van der Waals surface area contributed by atoms with E-state index in [2.05, 4.69) is 19.2 Å². The molecule has 1 aliphatic rings. The Hall–Kier alpha value is -1.63. The van der Waals surface area contributed by atoms with Gasteiger partial charge in [0.15, 0.2) is 0 Å². The normalized spacial score (nSPS) is 21.4. The fraction of sp³-hybridized carbons (Fsp3) is 0.750. The number of aliphatic hydroxyl groups excluding tert-OH is 1. The van der Waals surface area contributed by atoms with E-state index in [4.69, 9.17) is 5.73 Å². The Balaban J connectivity index is 0.000000982. The molecule has 0 unspecified atom stereocenters. The summed E-state index contributed by atoms with van der Waals surface area (Å²) in [5, 5.41) is 11.8. The Labute approximate surface area is 113 Å². The molecule has 1 aliphatic heterocycles. The molecule has 1 heterocycles. The molecule has 110 valence electrons. The first-order valence-electron chi connectivity index (χ1n) is 6.36. The number of carbonyl (C=O) groups is 3. The Bertz CT molecular complexity index is 333. The van der Waals surface area contributed by atoms with Crippen LogP contribution in [-0.4, -0.2) is 53.0 Å². The van der Waals surface area contributed by atoms with Gasteiger partial charge >= 0.3 is 0 Å². The molecule has 0 aromatic heterocycles. The number of likely N-dealkylation sites (tertiary alicyclic amines) is 1. The lowest BCUT2D eigenvalue weighted by molar-refractivity contribution is -0.139. The van der Waals surface area contributed by atoms with Gasteiger partial charge in [-0.05, 0) is 6.42 Å². The first-order chi connectivity index (χ1) is 8.84. The molecular weight excluding hydrogens is 250 g/mol. The average Bonchev–Trinajstić information content (AvgIpc) is 2.69. The van der Waals surface area contributed by atoms with Crippen molar-refractivity contribution < 1.29 is 19.5 Å². The van der Waals surface area contributed by atoms with Gasteiger partial charge in [0, 0.05) is 13.5 Å². The number of nitrogens with two attached hydrogens (primary N) is 1. The van der Waals surface area contributed by atoms with Crippen molar-refractivity contribution in [1.82, 2.24) is 10.2 Å². The van der Waals surface area contributed by atoms with Crippen LogP contribution >= 0.6 is 0 Å². The number of primary amides is 1. The summed E-state index contributed by atoms with van der Waals surface area (Å²) >= 11 is 0. The third-order valence-corrected chi connectivity index (χ3v) is 2.47. The molecule has 2 atom stereocenters. The molecule has 0 radical (unpaired) electrons. The number of nitrogens with one attached hydrogen (secondary N) is 1. The number of amides is 3. The zero-order valence-corrected chi connectivity index (χ0v) is 11.7. The maximum Gasteiger partial charge on any atom is 0.242 e. The van der Waals surface area contributed by atoms with E-state index >= 15 is 0 Å². The van der Waals surface area contributed by atoms with E-state index in [9.17, 15) is 19.5 Å². The van der Waals surface area contributed by atoms with Crippen LogP contribution in [-0.2, 0) is 14.4 Å². The molecule has 4 N–H and O–H groups in total. The number of rotatable bonds is 3. The Morgan fingerprint density at radius 3 is 2.32 bits per heavy atom. The van der Waals surface area contributed by atoms with Crippen molar-refractivity contribution in [2.45, 2.75) is 45.8 Å². The third-order valence-electron chi connectivity index (χ3n) is 2.47. The van der Waals surface area contributed by atoms with Crippen LogP contribution in [0.2, 0.25) is 0 Å². The SMILES string of the molecule is CC(=O)NCC(=O)N1CC[C@H](O)[C@H]1C(N)=O.CCC. The highest BCUT2D eigenvalue weighted by molar-refractivity contribution is 5.90. The summed E-state index contributed by atoms with van der Waals surface area (Å²) in [5.74, 6) is -1.49. The van der Waals surface area contributed by atoms with Gasteiger partial charge in [0.05, 0.1) is 12.6 Å². The molecule has 0 aromatic carbocycles. The van der Waals surface area contributed by atoms with E-state index in [0.717, 1.165) is 0 Å². The molecule has 7 nitrogen and oxygen atoms in total. The van der Waals surface area contributed by atoms with Gasteiger partial charge in [0.2, 0.25) is 17.7 Å². The molecule has 19 heavy (non-hydrogen) atoms. The van der Waals surface area contributed by atoms with Crippen molar-refractivity contribution >= 4 is 17.7 Å². The minimum Gasteiger partial charge on any atom is -0.390 e. The van der Waals surface area contributed by atoms with Crippen molar-refractivity contribution in [3.05, 3.63) is 0 Å². The quantitative estimate of drug-likeness (QED) is 0.611. The van der Waals surface area contributed by atoms with Gasteiger partial charge in [-0.2, -0.15) is 0 Å². The second-order valence-electron chi connectivity index (χ2n) is 4.41. The minimum atomic E-state index is -0.985. The molecule has 0 saturated carbocycles. The second kappa shape index (κ2) is 8.47. The predicted octanol–water partition coefficient (Wildman–Crippen LogP) is -1.01. The van der Waals surface area contributed by atoms with Gasteiger partial charge in [-0.15, -0.1) is 0 Å². The number of carbonyl (C=O) groups excluding carboxylic acids is 3. The van der Waals surface area contributed by atoms with Crippen LogP contribution in [0.5, 0.6) is 0 Å². The fourth-order valence-corrected chi connectivity index (χ4v) is 1.70. The van der Waals surface area contributed by atoms with Gasteiger partial charge in [-0.25, -0.2) is 0 Å². The van der Waals surface area contributed by atoms with Crippen molar-refractivity contribution in [2.24, 2.45) is 5.73 Å². The fourth-order valence-electron chi connectivity index (χ4n) is 1.70. The van der Waals surface area contributed by atoms with Crippen LogP contribution in [0, 0.1) is 0 Å². The third kappa shape index (κ3) is 5.69. The highest BCUT2D eigenvalue weighted by atomic mass is 16.3. The van der Waals surface area contributed by atoms with Crippen LogP contribution in [0.3, 0.4) is 0 Å². The van der Waals surface area contributed by atoms with Crippen LogP contribution in [0.4, 0.5) is 0 Å². The molecule has 0 spiro atoms. The standard InChI is InChI=1S/C9H15N3O4.C3H8/c1-5(13)11-4-7(15)12-3-2-6(14)8(12)9(10)16;1-3-2/h6,8,14H,2-4H2,1H3,(H2,10,16)(H,11,13);3H2,1-2H3/t6-,8-;/m0./s1. The van der Waals surface area contributed by atoms with Crippen LogP contribution in [0.1, 0.15) is 33.6 Å². The summed E-state index contributed by atoms with van der Waals surface area (Å²) in [6, 6.07) is -0.985. The van der Waals surface area contributed by atoms with Crippen LogP contribution in [0.15, 0.2) is 0 Å². The highest BCUT2D eigenvalue weighted by Crippen LogP contribution is 2.17. The van der Waals surface area contributed by atoms with Gasteiger partial charge in [0.25, 0.3) is 0 Å². The summed E-state index contributed by atoms with van der Waals surface area (Å²) in [6.07, 6.45) is 0.651. The Kier molecular flexibility index (Phi) is 7.74. The lowest BCUT2D eigenvalue weighted by Crippen LogP contribution is -2.50. The largest absolute Gasteiger partial charge is 0.390 e. The van der Waals surface area contributed by atoms with Gasteiger partial charge < -0.3 is 21.1 Å². The molecule has 7 heteroatoms. The van der Waals surface area contributed by atoms with Crippen LogP contribution in [0.25, 0.3) is 0 Å². The van der Waals surface area contributed by atoms with Gasteiger partial charge in [0.1, 0.15) is 6.04 Å². The second-order valence-corrected chi connectivity index (χ2v) is 4.41. The molecule has 1 saturated heterocycles. The number of hydrogen-bond donors (Lipinski definition) is 3. The van der Waals surface area contributed by atoms with E-state index in [0.29, 0.717) is 6.42 Å². The molecular formula is C12H23N3O4. The first-order valence-corrected chi connectivity index (χ1v) is 6.36. The van der Waals surface area contributed by atoms with E-state index in [1.165, 1.54) is 18.2 Å². The predicted molar refractivity (Wildman–Crippen MR) is 70.0 cm³/mol. The Morgan fingerprint density at radius 2 is 1.89 bits per heavy atom. The molecule has 0 bridgehead atoms. The minimum absolute atomic E-state index is 0.189. The topological polar surface area (TPSA) is 113 Å². The highest BCUT2D eigenvalue weighted by Gasteiger charge is 2.39. The zero-order chi connectivity index (χ0) is 15.0. The van der Waals surface area contributed by atoms with Crippen molar-refractivity contribution in [2.75, 3.05) is 13.1 Å². The van der Waals surface area contributed by atoms with E-state index in [1.807, 2.05) is 0 Å². The number of aliphatic hydroxyl groups is 1. The first kappa shape index (κ1) is 17.4.